The molecule has 0 saturated carbocycles. The molecule has 1 unspecified atom stereocenters. The Hall–Kier alpha value is -1.19. The number of hydrogen-bond acceptors (Lipinski definition) is 3. The molecule has 0 fully saturated rings. The van der Waals surface area contributed by atoms with Gasteiger partial charge >= 0.3 is 0 Å². The zero-order chi connectivity index (χ0) is 7.68. The minimum Gasteiger partial charge on any atom is -0.287 e. The number of rotatable bonds is 0. The molecule has 1 atom stereocenters. The fourth-order valence-electron chi connectivity index (χ4n) is 1.40. The van der Waals surface area contributed by atoms with Crippen molar-refractivity contribution in [3.63, 3.8) is 0 Å². The van der Waals surface area contributed by atoms with Crippen molar-refractivity contribution in [2.75, 3.05) is 6.54 Å². The molecule has 0 radical (unpaired) electrons. The lowest BCUT2D eigenvalue weighted by atomic mass is 9.94. The Bertz CT molecular complexity index is 244. The molecule has 2 aliphatic heterocycles. The van der Waals surface area contributed by atoms with Crippen LogP contribution in [0.4, 0.5) is 0 Å². The summed E-state index contributed by atoms with van der Waals surface area (Å²) >= 11 is 0. The third kappa shape index (κ3) is 1.04. The minimum absolute atomic E-state index is 0.00838. The second-order valence-corrected chi connectivity index (χ2v) is 2.74. The van der Waals surface area contributed by atoms with Crippen molar-refractivity contribution in [3.05, 3.63) is 0 Å². The maximum absolute atomic E-state index is 11.1. The van der Waals surface area contributed by atoms with Gasteiger partial charge in [0.1, 0.15) is 0 Å². The van der Waals surface area contributed by atoms with Crippen molar-refractivity contribution in [2.45, 2.75) is 12.8 Å². The van der Waals surface area contributed by atoms with Crippen LogP contribution in [0.15, 0.2) is 10.1 Å². The lowest BCUT2D eigenvalue weighted by Crippen LogP contribution is -2.39. The number of aliphatic imine (C=N–C) groups is 1. The fourth-order valence-corrected chi connectivity index (χ4v) is 1.40. The maximum atomic E-state index is 11.1. The molecule has 1 N–H and O–H groups in total. The topological polar surface area (TPSA) is 53.8 Å². The van der Waals surface area contributed by atoms with Crippen molar-refractivity contribution in [2.24, 2.45) is 16.0 Å². The van der Waals surface area contributed by atoms with Crippen LogP contribution in [0.1, 0.15) is 12.8 Å². The zero-order valence-corrected chi connectivity index (χ0v) is 6.08. The predicted octanol–water partition coefficient (Wildman–Crippen LogP) is -0.0470. The van der Waals surface area contributed by atoms with Crippen LogP contribution >= 0.6 is 0 Å². The third-order valence-corrected chi connectivity index (χ3v) is 1.99. The smallest absolute Gasteiger partial charge is 0.249 e. The fraction of sp³-hybridized carbons (Fsp3) is 0.571. The zero-order valence-electron chi connectivity index (χ0n) is 6.08. The molecule has 2 rings (SSSR count). The van der Waals surface area contributed by atoms with E-state index in [1.54, 1.807) is 6.21 Å². The Kier molecular flexibility index (Phi) is 1.45. The average molecular weight is 151 g/mol. The highest BCUT2D eigenvalue weighted by Gasteiger charge is 2.27. The first-order chi connectivity index (χ1) is 5.38. The van der Waals surface area contributed by atoms with Crippen LogP contribution in [0.25, 0.3) is 0 Å². The molecule has 1 amide bonds. The molecule has 4 nitrogen and oxygen atoms in total. The number of hydrogen-bond donors (Lipinski definition) is 1. The molecular formula is C7H9N3O. The largest absolute Gasteiger partial charge is 0.287 e. The van der Waals surface area contributed by atoms with Crippen LogP contribution in [0.2, 0.25) is 0 Å². The van der Waals surface area contributed by atoms with Gasteiger partial charge in [-0.2, -0.15) is 5.10 Å². The predicted molar refractivity (Wildman–Crippen MR) is 41.7 cm³/mol. The molecule has 0 aromatic carbocycles. The molecule has 2 heterocycles. The third-order valence-electron chi connectivity index (χ3n) is 1.99. The van der Waals surface area contributed by atoms with Gasteiger partial charge in [0, 0.05) is 6.54 Å². The van der Waals surface area contributed by atoms with Gasteiger partial charge in [0.15, 0.2) is 0 Å². The standard InChI is InChI=1S/C7H9N3O/c11-7-5-2-1-3-8-6(5)4-9-10-7/h4-5H,1-3H2,(H,10,11). The SMILES string of the molecule is O=C1NN=CC2=NCCCC12. The first-order valence-corrected chi connectivity index (χ1v) is 3.75. The van der Waals surface area contributed by atoms with E-state index in [9.17, 15) is 4.79 Å². The highest BCUT2D eigenvalue weighted by molar-refractivity contribution is 6.37. The van der Waals surface area contributed by atoms with Gasteiger partial charge in [0.25, 0.3) is 0 Å². The number of hydrazone groups is 1. The Labute approximate surface area is 64.4 Å². The molecule has 4 heteroatoms. The Morgan fingerprint density at radius 3 is 3.36 bits per heavy atom. The maximum Gasteiger partial charge on any atom is 0.249 e. The quantitative estimate of drug-likeness (QED) is 0.518. The van der Waals surface area contributed by atoms with Gasteiger partial charge in [-0.1, -0.05) is 0 Å². The highest BCUT2D eigenvalue weighted by atomic mass is 16.2. The molecule has 2 aliphatic rings. The van der Waals surface area contributed by atoms with Crippen molar-refractivity contribution in [1.82, 2.24) is 5.43 Å². The molecule has 11 heavy (non-hydrogen) atoms. The van der Waals surface area contributed by atoms with Gasteiger partial charge in [0.2, 0.25) is 5.91 Å². The van der Waals surface area contributed by atoms with E-state index in [2.05, 4.69) is 15.5 Å². The Morgan fingerprint density at radius 1 is 1.64 bits per heavy atom. The monoisotopic (exact) mass is 151 g/mol. The Balaban J connectivity index is 2.31. The molecule has 0 spiro atoms. The van der Waals surface area contributed by atoms with Crippen molar-refractivity contribution in [3.8, 4) is 0 Å². The van der Waals surface area contributed by atoms with E-state index >= 15 is 0 Å². The summed E-state index contributed by atoms with van der Waals surface area (Å²) in [6.07, 6.45) is 3.57. The van der Waals surface area contributed by atoms with Crippen LogP contribution in [0.3, 0.4) is 0 Å². The van der Waals surface area contributed by atoms with Crippen LogP contribution in [0.5, 0.6) is 0 Å². The van der Waals surface area contributed by atoms with E-state index in [1.807, 2.05) is 0 Å². The molecule has 0 aromatic heterocycles. The summed E-state index contributed by atoms with van der Waals surface area (Å²) in [4.78, 5) is 15.3. The van der Waals surface area contributed by atoms with E-state index in [4.69, 9.17) is 0 Å². The second kappa shape index (κ2) is 2.45. The van der Waals surface area contributed by atoms with E-state index in [0.717, 1.165) is 25.1 Å². The van der Waals surface area contributed by atoms with Gasteiger partial charge in [-0.3, -0.25) is 9.79 Å². The summed E-state index contributed by atoms with van der Waals surface area (Å²) in [6.45, 7) is 0.838. The summed E-state index contributed by atoms with van der Waals surface area (Å²) in [7, 11) is 0. The molecule has 0 aromatic rings. The highest BCUT2D eigenvalue weighted by Crippen LogP contribution is 2.15. The number of amides is 1. The van der Waals surface area contributed by atoms with Gasteiger partial charge in [-0.25, -0.2) is 5.43 Å². The van der Waals surface area contributed by atoms with E-state index in [0.29, 0.717) is 0 Å². The van der Waals surface area contributed by atoms with Crippen molar-refractivity contribution >= 4 is 17.8 Å². The number of nitrogens with zero attached hydrogens (tertiary/aromatic N) is 2. The number of fused-ring (bicyclic) bond motifs is 1. The molecule has 0 aliphatic carbocycles. The summed E-state index contributed by atoms with van der Waals surface area (Å²) < 4.78 is 0. The number of carbonyl (C=O) groups is 1. The van der Waals surface area contributed by atoms with Gasteiger partial charge in [-0.05, 0) is 12.8 Å². The van der Waals surface area contributed by atoms with Crippen LogP contribution in [0, 0.1) is 5.92 Å². The molecule has 0 saturated heterocycles. The van der Waals surface area contributed by atoms with Gasteiger partial charge in [0.05, 0.1) is 17.8 Å². The summed E-state index contributed by atoms with van der Waals surface area (Å²) in [6, 6.07) is 0. The van der Waals surface area contributed by atoms with E-state index < -0.39 is 0 Å². The summed E-state index contributed by atoms with van der Waals surface area (Å²) in [5, 5.41) is 3.69. The molecule has 0 bridgehead atoms. The Morgan fingerprint density at radius 2 is 2.55 bits per heavy atom. The summed E-state index contributed by atoms with van der Waals surface area (Å²) in [5.74, 6) is -0.0350. The first-order valence-electron chi connectivity index (χ1n) is 3.75. The van der Waals surface area contributed by atoms with Crippen LogP contribution in [-0.4, -0.2) is 24.4 Å². The lowest BCUT2D eigenvalue weighted by molar-refractivity contribution is -0.123. The molecular weight excluding hydrogens is 142 g/mol. The summed E-state index contributed by atoms with van der Waals surface area (Å²) in [5.41, 5.74) is 3.28. The molecule has 58 valence electrons. The van der Waals surface area contributed by atoms with Crippen LogP contribution < -0.4 is 5.43 Å². The second-order valence-electron chi connectivity index (χ2n) is 2.74. The van der Waals surface area contributed by atoms with Crippen molar-refractivity contribution in [1.29, 1.82) is 0 Å². The van der Waals surface area contributed by atoms with Crippen molar-refractivity contribution < 1.29 is 4.79 Å². The first kappa shape index (κ1) is 6.52. The lowest BCUT2D eigenvalue weighted by Gasteiger charge is -2.21. The normalized spacial score (nSPS) is 28.9. The average Bonchev–Trinajstić information content (AvgIpc) is 2.06. The number of carbonyl (C=O) groups excluding carboxylic acids is 1. The van der Waals surface area contributed by atoms with E-state index in [1.165, 1.54) is 0 Å². The van der Waals surface area contributed by atoms with Gasteiger partial charge in [-0.15, -0.1) is 0 Å². The number of nitrogens with one attached hydrogen (secondary N) is 1. The van der Waals surface area contributed by atoms with Crippen LogP contribution in [-0.2, 0) is 4.79 Å². The van der Waals surface area contributed by atoms with Gasteiger partial charge < -0.3 is 0 Å². The van der Waals surface area contributed by atoms with E-state index in [-0.39, 0.29) is 11.8 Å². The minimum atomic E-state index is -0.0266.